The standard InChI is InChI=1S/C23H17N3O6/c1-32-18-6-4-5-17(13-18)24(21(27)15-9-11-16(12-10-15)26(30)31)14-25-22(28)19-7-2-3-8-20(19)23(25)29/h2-13H,14H2,1H3. The zero-order chi connectivity index (χ0) is 22.8. The molecule has 0 N–H and O–H groups in total. The van der Waals surface area contributed by atoms with Crippen molar-refractivity contribution in [2.75, 3.05) is 18.7 Å². The van der Waals surface area contributed by atoms with E-state index in [1.54, 1.807) is 48.5 Å². The van der Waals surface area contributed by atoms with Crippen LogP contribution in [0, 0.1) is 10.1 Å². The molecule has 9 nitrogen and oxygen atoms in total. The Balaban J connectivity index is 1.71. The van der Waals surface area contributed by atoms with Crippen LogP contribution in [-0.2, 0) is 0 Å². The maximum Gasteiger partial charge on any atom is 0.269 e. The van der Waals surface area contributed by atoms with Crippen LogP contribution in [0.15, 0.2) is 72.8 Å². The van der Waals surface area contributed by atoms with E-state index in [1.165, 1.54) is 36.3 Å². The lowest BCUT2D eigenvalue weighted by molar-refractivity contribution is -0.384. The van der Waals surface area contributed by atoms with Crippen LogP contribution in [-0.4, -0.2) is 41.3 Å². The molecule has 1 aliphatic heterocycles. The average molecular weight is 431 g/mol. The van der Waals surface area contributed by atoms with E-state index in [4.69, 9.17) is 4.74 Å². The summed E-state index contributed by atoms with van der Waals surface area (Å²) in [5.41, 5.74) is 0.936. The molecule has 0 atom stereocenters. The Kier molecular flexibility index (Phi) is 5.38. The highest BCUT2D eigenvalue weighted by Crippen LogP contribution is 2.27. The fourth-order valence-corrected chi connectivity index (χ4v) is 3.43. The highest BCUT2D eigenvalue weighted by atomic mass is 16.6. The minimum Gasteiger partial charge on any atom is -0.497 e. The van der Waals surface area contributed by atoms with E-state index < -0.39 is 22.6 Å². The van der Waals surface area contributed by atoms with Gasteiger partial charge in [-0.2, -0.15) is 0 Å². The first kappa shape index (κ1) is 20.7. The first-order valence-corrected chi connectivity index (χ1v) is 9.56. The van der Waals surface area contributed by atoms with Crippen molar-refractivity contribution >= 4 is 29.1 Å². The Morgan fingerprint density at radius 1 is 0.969 bits per heavy atom. The van der Waals surface area contributed by atoms with Gasteiger partial charge in [0.2, 0.25) is 0 Å². The van der Waals surface area contributed by atoms with Crippen molar-refractivity contribution < 1.29 is 24.0 Å². The van der Waals surface area contributed by atoms with E-state index in [0.29, 0.717) is 11.4 Å². The lowest BCUT2D eigenvalue weighted by Crippen LogP contribution is -2.44. The number of amides is 3. The molecule has 3 aromatic carbocycles. The van der Waals surface area contributed by atoms with Crippen molar-refractivity contribution in [1.29, 1.82) is 0 Å². The second-order valence-electron chi connectivity index (χ2n) is 6.96. The van der Waals surface area contributed by atoms with Gasteiger partial charge in [0.25, 0.3) is 23.4 Å². The highest BCUT2D eigenvalue weighted by Gasteiger charge is 2.37. The number of imide groups is 1. The highest BCUT2D eigenvalue weighted by molar-refractivity contribution is 6.22. The van der Waals surface area contributed by atoms with Gasteiger partial charge in [0.15, 0.2) is 0 Å². The Hall–Kier alpha value is -4.53. The SMILES string of the molecule is COc1cccc(N(CN2C(=O)c3ccccc3C2=O)C(=O)c2ccc([N+](=O)[O-])cc2)c1. The van der Waals surface area contributed by atoms with Gasteiger partial charge >= 0.3 is 0 Å². The van der Waals surface area contributed by atoms with Crippen LogP contribution >= 0.6 is 0 Å². The molecule has 0 aliphatic carbocycles. The molecule has 0 radical (unpaired) electrons. The summed E-state index contributed by atoms with van der Waals surface area (Å²) in [6, 6.07) is 18.2. The predicted molar refractivity (Wildman–Crippen MR) is 115 cm³/mol. The molecule has 32 heavy (non-hydrogen) atoms. The number of non-ortho nitro benzene ring substituents is 1. The number of hydrogen-bond donors (Lipinski definition) is 0. The van der Waals surface area contributed by atoms with Gasteiger partial charge in [0.05, 0.1) is 23.2 Å². The molecule has 0 fully saturated rings. The zero-order valence-electron chi connectivity index (χ0n) is 16.9. The molecule has 0 saturated carbocycles. The predicted octanol–water partition coefficient (Wildman–Crippen LogP) is 3.50. The van der Waals surface area contributed by atoms with Crippen LogP contribution in [0.5, 0.6) is 5.75 Å². The average Bonchev–Trinajstić information content (AvgIpc) is 3.07. The third-order valence-electron chi connectivity index (χ3n) is 5.10. The van der Waals surface area contributed by atoms with Crippen molar-refractivity contribution in [1.82, 2.24) is 4.90 Å². The number of nitrogens with zero attached hydrogens (tertiary/aromatic N) is 3. The van der Waals surface area contributed by atoms with E-state index in [0.717, 1.165) is 4.90 Å². The number of nitro groups is 1. The molecule has 0 spiro atoms. The third kappa shape index (κ3) is 3.67. The molecule has 1 heterocycles. The minimum absolute atomic E-state index is 0.158. The fraction of sp³-hybridized carbons (Fsp3) is 0.0870. The van der Waals surface area contributed by atoms with Crippen LogP contribution in [0.4, 0.5) is 11.4 Å². The largest absolute Gasteiger partial charge is 0.497 e. The summed E-state index contributed by atoms with van der Waals surface area (Å²) in [6.45, 7) is -0.338. The van der Waals surface area contributed by atoms with Gasteiger partial charge in [-0.25, -0.2) is 0 Å². The molecule has 160 valence electrons. The summed E-state index contributed by atoms with van der Waals surface area (Å²) in [7, 11) is 1.48. The number of carbonyl (C=O) groups is 3. The third-order valence-corrected chi connectivity index (χ3v) is 5.10. The number of anilines is 1. The number of nitro benzene ring substituents is 1. The molecule has 4 rings (SSSR count). The smallest absolute Gasteiger partial charge is 0.269 e. The van der Waals surface area contributed by atoms with Gasteiger partial charge in [-0.15, -0.1) is 0 Å². The number of benzene rings is 3. The summed E-state index contributed by atoms with van der Waals surface area (Å²) in [4.78, 5) is 51.7. The molecular formula is C23H17N3O6. The van der Waals surface area contributed by atoms with Crippen molar-refractivity contribution in [3.63, 3.8) is 0 Å². The number of hydrogen-bond acceptors (Lipinski definition) is 6. The number of rotatable bonds is 6. The van der Waals surface area contributed by atoms with Crippen molar-refractivity contribution in [2.45, 2.75) is 0 Å². The first-order valence-electron chi connectivity index (χ1n) is 9.56. The Bertz CT molecular complexity index is 1200. The van der Waals surface area contributed by atoms with E-state index in [-0.39, 0.29) is 29.0 Å². The molecule has 1 aliphatic rings. The zero-order valence-corrected chi connectivity index (χ0v) is 16.9. The van der Waals surface area contributed by atoms with Gasteiger partial charge in [-0.1, -0.05) is 18.2 Å². The lowest BCUT2D eigenvalue weighted by atomic mass is 10.1. The maximum atomic E-state index is 13.4. The van der Waals surface area contributed by atoms with E-state index >= 15 is 0 Å². The molecule has 0 saturated heterocycles. The Labute approximate surface area is 182 Å². The van der Waals surface area contributed by atoms with Crippen LogP contribution < -0.4 is 9.64 Å². The monoisotopic (exact) mass is 431 g/mol. The summed E-state index contributed by atoms with van der Waals surface area (Å²) < 4.78 is 5.24. The van der Waals surface area contributed by atoms with Crippen LogP contribution in [0.25, 0.3) is 0 Å². The second kappa shape index (κ2) is 8.31. The van der Waals surface area contributed by atoms with E-state index in [9.17, 15) is 24.5 Å². The van der Waals surface area contributed by atoms with Crippen molar-refractivity contribution in [2.24, 2.45) is 0 Å². The minimum atomic E-state index is -0.563. The van der Waals surface area contributed by atoms with E-state index in [2.05, 4.69) is 0 Å². The van der Waals surface area contributed by atoms with Gasteiger partial charge in [-0.3, -0.25) is 34.3 Å². The van der Waals surface area contributed by atoms with Gasteiger partial charge in [0, 0.05) is 29.4 Å². The summed E-state index contributed by atoms with van der Waals surface area (Å²) >= 11 is 0. The number of fused-ring (bicyclic) bond motifs is 1. The van der Waals surface area contributed by atoms with Gasteiger partial charge in [-0.05, 0) is 36.4 Å². The molecule has 0 unspecified atom stereocenters. The number of ether oxygens (including phenoxy) is 1. The summed E-state index contributed by atoms with van der Waals surface area (Å²) in [6.07, 6.45) is 0. The Morgan fingerprint density at radius 3 is 2.16 bits per heavy atom. The number of methoxy groups -OCH3 is 1. The molecule has 9 heteroatoms. The quantitative estimate of drug-likeness (QED) is 0.336. The van der Waals surface area contributed by atoms with Crippen LogP contribution in [0.2, 0.25) is 0 Å². The fourth-order valence-electron chi connectivity index (χ4n) is 3.43. The molecule has 3 amide bonds. The van der Waals surface area contributed by atoms with E-state index in [1.807, 2.05) is 0 Å². The van der Waals surface area contributed by atoms with Crippen molar-refractivity contribution in [3.8, 4) is 5.75 Å². The maximum absolute atomic E-state index is 13.4. The molecular weight excluding hydrogens is 414 g/mol. The molecule has 3 aromatic rings. The number of carbonyl (C=O) groups excluding carboxylic acids is 3. The summed E-state index contributed by atoms with van der Waals surface area (Å²) in [5, 5.41) is 10.9. The Morgan fingerprint density at radius 2 is 1.59 bits per heavy atom. The molecule has 0 bridgehead atoms. The van der Waals surface area contributed by atoms with Gasteiger partial charge < -0.3 is 4.74 Å². The normalized spacial score (nSPS) is 12.5. The second-order valence-corrected chi connectivity index (χ2v) is 6.96. The molecule has 0 aromatic heterocycles. The van der Waals surface area contributed by atoms with Crippen LogP contribution in [0.1, 0.15) is 31.1 Å². The summed E-state index contributed by atoms with van der Waals surface area (Å²) in [5.74, 6) is -1.07. The topological polar surface area (TPSA) is 110 Å². The van der Waals surface area contributed by atoms with Crippen molar-refractivity contribution in [3.05, 3.63) is 99.6 Å². The first-order chi connectivity index (χ1) is 15.4. The van der Waals surface area contributed by atoms with Crippen LogP contribution in [0.3, 0.4) is 0 Å². The lowest BCUT2D eigenvalue weighted by Gasteiger charge is -2.27. The van der Waals surface area contributed by atoms with Gasteiger partial charge in [0.1, 0.15) is 12.4 Å².